The fraction of sp³-hybridized carbons (Fsp3) is 0.429. The molecule has 1 aliphatic rings. The van der Waals surface area contributed by atoms with Crippen molar-refractivity contribution in [1.82, 2.24) is 20.6 Å². The Hall–Kier alpha value is -1.59. The molecule has 3 rings (SSSR count). The zero-order valence-corrected chi connectivity index (χ0v) is 11.8. The highest BCUT2D eigenvalue weighted by Crippen LogP contribution is 2.17. The molecule has 2 heterocycles. The lowest BCUT2D eigenvalue weighted by atomic mass is 10.1. The summed E-state index contributed by atoms with van der Waals surface area (Å²) in [4.78, 5) is 19.3. The highest BCUT2D eigenvalue weighted by atomic mass is 35.5. The van der Waals surface area contributed by atoms with Crippen LogP contribution in [0.15, 0.2) is 18.2 Å². The molecule has 1 amide bonds. The van der Waals surface area contributed by atoms with Gasteiger partial charge in [-0.25, -0.2) is 4.98 Å². The summed E-state index contributed by atoms with van der Waals surface area (Å²) < 4.78 is 0. The fourth-order valence-corrected chi connectivity index (χ4v) is 2.43. The maximum absolute atomic E-state index is 11.6. The number of amides is 1. The molecular weight excluding hydrogens is 276 g/mol. The quantitative estimate of drug-likeness (QED) is 0.734. The molecule has 106 valence electrons. The van der Waals surface area contributed by atoms with Crippen molar-refractivity contribution in [3.63, 3.8) is 0 Å². The summed E-state index contributed by atoms with van der Waals surface area (Å²) in [6.07, 6.45) is 2.62. The van der Waals surface area contributed by atoms with Crippen molar-refractivity contribution in [3.8, 4) is 0 Å². The summed E-state index contributed by atoms with van der Waals surface area (Å²) >= 11 is 5.94. The lowest BCUT2D eigenvalue weighted by molar-refractivity contribution is -0.124. The van der Waals surface area contributed by atoms with E-state index in [2.05, 4.69) is 20.6 Å². The van der Waals surface area contributed by atoms with Gasteiger partial charge in [0.15, 0.2) is 0 Å². The molecule has 1 atom stereocenters. The van der Waals surface area contributed by atoms with Crippen molar-refractivity contribution in [2.24, 2.45) is 0 Å². The summed E-state index contributed by atoms with van der Waals surface area (Å²) in [5.74, 6) is 1.03. The molecule has 3 N–H and O–H groups in total. The Balaban J connectivity index is 1.48. The second-order valence-corrected chi connectivity index (χ2v) is 5.47. The van der Waals surface area contributed by atoms with Gasteiger partial charge in [-0.1, -0.05) is 11.6 Å². The van der Waals surface area contributed by atoms with E-state index in [-0.39, 0.29) is 11.9 Å². The van der Waals surface area contributed by atoms with Crippen LogP contribution in [0.3, 0.4) is 0 Å². The van der Waals surface area contributed by atoms with Gasteiger partial charge in [0.25, 0.3) is 0 Å². The maximum Gasteiger partial charge on any atom is 0.237 e. The molecule has 0 bridgehead atoms. The first-order valence-electron chi connectivity index (χ1n) is 6.87. The van der Waals surface area contributed by atoms with Crippen LogP contribution in [0.5, 0.6) is 0 Å². The van der Waals surface area contributed by atoms with Gasteiger partial charge in [-0.3, -0.25) is 4.79 Å². The summed E-state index contributed by atoms with van der Waals surface area (Å²) in [5.41, 5.74) is 1.88. The van der Waals surface area contributed by atoms with E-state index in [1.54, 1.807) is 0 Å². The van der Waals surface area contributed by atoms with E-state index in [0.29, 0.717) is 11.6 Å². The number of aromatic amines is 1. The third-order valence-corrected chi connectivity index (χ3v) is 3.76. The molecule has 1 fully saturated rings. The normalized spacial score (nSPS) is 17.9. The van der Waals surface area contributed by atoms with Crippen molar-refractivity contribution in [2.45, 2.75) is 25.3 Å². The largest absolute Gasteiger partial charge is 0.355 e. The molecule has 6 heteroatoms. The minimum absolute atomic E-state index is 0.0170. The van der Waals surface area contributed by atoms with Gasteiger partial charge in [-0.15, -0.1) is 0 Å². The lowest BCUT2D eigenvalue weighted by Gasteiger charge is -2.26. The van der Waals surface area contributed by atoms with E-state index in [0.717, 1.165) is 42.7 Å². The van der Waals surface area contributed by atoms with Gasteiger partial charge in [0.1, 0.15) is 5.82 Å². The third-order valence-electron chi connectivity index (χ3n) is 3.52. The first kappa shape index (κ1) is 13.4. The maximum atomic E-state index is 11.6. The minimum atomic E-state index is 0.0170. The number of halogens is 1. The molecule has 2 aromatic rings. The van der Waals surface area contributed by atoms with Crippen LogP contribution in [0, 0.1) is 0 Å². The van der Waals surface area contributed by atoms with Gasteiger partial charge >= 0.3 is 0 Å². The van der Waals surface area contributed by atoms with E-state index >= 15 is 0 Å². The first-order valence-corrected chi connectivity index (χ1v) is 7.25. The van der Waals surface area contributed by atoms with E-state index in [1.807, 2.05) is 18.2 Å². The first-order chi connectivity index (χ1) is 9.72. The standard InChI is InChI=1S/C14H17ClN4O/c15-9-3-4-10-12(8-9)19-13(18-10)2-1-6-17-14(20)11-5-7-16-11/h3-4,8,11,16H,1-2,5-7H2,(H,17,20)(H,18,19). The Labute approximate surface area is 122 Å². The highest BCUT2D eigenvalue weighted by molar-refractivity contribution is 6.31. The number of carbonyl (C=O) groups is 1. The SMILES string of the molecule is O=C(NCCCc1nc2ccc(Cl)cc2[nH]1)C1CCN1. The van der Waals surface area contributed by atoms with Crippen LogP contribution in [-0.2, 0) is 11.2 Å². The van der Waals surface area contributed by atoms with Crippen molar-refractivity contribution >= 4 is 28.5 Å². The molecule has 1 aliphatic heterocycles. The molecule has 5 nitrogen and oxygen atoms in total. The number of aryl methyl sites for hydroxylation is 1. The Morgan fingerprint density at radius 3 is 3.10 bits per heavy atom. The number of hydrogen-bond acceptors (Lipinski definition) is 3. The zero-order chi connectivity index (χ0) is 13.9. The molecule has 1 saturated heterocycles. The molecule has 0 saturated carbocycles. The number of benzene rings is 1. The fourth-order valence-electron chi connectivity index (χ4n) is 2.26. The topological polar surface area (TPSA) is 69.8 Å². The van der Waals surface area contributed by atoms with Gasteiger partial charge in [0.05, 0.1) is 17.1 Å². The van der Waals surface area contributed by atoms with E-state index in [9.17, 15) is 4.79 Å². The number of carbonyl (C=O) groups excluding carboxylic acids is 1. The molecule has 0 spiro atoms. The molecule has 20 heavy (non-hydrogen) atoms. The number of nitrogens with one attached hydrogen (secondary N) is 3. The second kappa shape index (κ2) is 5.81. The number of aromatic nitrogens is 2. The average molecular weight is 293 g/mol. The number of imidazole rings is 1. The number of hydrogen-bond donors (Lipinski definition) is 3. The summed E-state index contributed by atoms with van der Waals surface area (Å²) in [7, 11) is 0. The van der Waals surface area contributed by atoms with Crippen LogP contribution in [0.2, 0.25) is 5.02 Å². The van der Waals surface area contributed by atoms with Gasteiger partial charge in [0, 0.05) is 18.0 Å². The van der Waals surface area contributed by atoms with E-state index in [1.165, 1.54) is 0 Å². The lowest BCUT2D eigenvalue weighted by Crippen LogP contribution is -2.53. The van der Waals surface area contributed by atoms with Crippen molar-refractivity contribution in [3.05, 3.63) is 29.0 Å². The Morgan fingerprint density at radius 1 is 1.50 bits per heavy atom. The molecule has 0 radical (unpaired) electrons. The molecule has 1 aromatic heterocycles. The molecule has 1 aromatic carbocycles. The van der Waals surface area contributed by atoms with Crippen LogP contribution in [0.25, 0.3) is 11.0 Å². The Morgan fingerprint density at radius 2 is 2.35 bits per heavy atom. The predicted octanol–water partition coefficient (Wildman–Crippen LogP) is 1.63. The highest BCUT2D eigenvalue weighted by Gasteiger charge is 2.23. The summed E-state index contributed by atoms with van der Waals surface area (Å²) in [6.45, 7) is 1.62. The third kappa shape index (κ3) is 2.94. The smallest absolute Gasteiger partial charge is 0.237 e. The van der Waals surface area contributed by atoms with Crippen LogP contribution in [0.4, 0.5) is 0 Å². The Bertz CT molecular complexity index is 621. The molecule has 1 unspecified atom stereocenters. The van der Waals surface area contributed by atoms with Crippen molar-refractivity contribution in [1.29, 1.82) is 0 Å². The zero-order valence-electron chi connectivity index (χ0n) is 11.1. The van der Waals surface area contributed by atoms with Gasteiger partial charge in [-0.05, 0) is 37.6 Å². The van der Waals surface area contributed by atoms with Crippen molar-refractivity contribution in [2.75, 3.05) is 13.1 Å². The number of H-pyrrole nitrogens is 1. The van der Waals surface area contributed by atoms with Crippen LogP contribution in [0.1, 0.15) is 18.7 Å². The number of rotatable bonds is 5. The van der Waals surface area contributed by atoms with Gasteiger partial charge in [0.2, 0.25) is 5.91 Å². The summed E-state index contributed by atoms with van der Waals surface area (Å²) in [6, 6.07) is 5.63. The average Bonchev–Trinajstić information content (AvgIpc) is 2.74. The van der Waals surface area contributed by atoms with Gasteiger partial charge < -0.3 is 15.6 Å². The van der Waals surface area contributed by atoms with E-state index in [4.69, 9.17) is 11.6 Å². The van der Waals surface area contributed by atoms with Gasteiger partial charge in [-0.2, -0.15) is 0 Å². The second-order valence-electron chi connectivity index (χ2n) is 5.03. The summed E-state index contributed by atoms with van der Waals surface area (Å²) in [5, 5.41) is 6.72. The monoisotopic (exact) mass is 292 g/mol. The molecular formula is C14H17ClN4O. The van der Waals surface area contributed by atoms with Crippen LogP contribution < -0.4 is 10.6 Å². The molecule has 0 aliphatic carbocycles. The Kier molecular flexibility index (Phi) is 3.89. The minimum Gasteiger partial charge on any atom is -0.355 e. The van der Waals surface area contributed by atoms with Crippen LogP contribution >= 0.6 is 11.6 Å². The number of fused-ring (bicyclic) bond motifs is 1. The predicted molar refractivity (Wildman–Crippen MR) is 78.8 cm³/mol. The van der Waals surface area contributed by atoms with Crippen LogP contribution in [-0.4, -0.2) is 35.0 Å². The number of nitrogens with zero attached hydrogens (tertiary/aromatic N) is 1. The van der Waals surface area contributed by atoms with Crippen molar-refractivity contribution < 1.29 is 4.79 Å². The van der Waals surface area contributed by atoms with E-state index < -0.39 is 0 Å².